The molecular formula is C22H34N4O2. The van der Waals surface area contributed by atoms with Crippen LogP contribution in [0.15, 0.2) is 11.0 Å². The molecule has 28 heavy (non-hydrogen) atoms. The van der Waals surface area contributed by atoms with E-state index in [9.17, 15) is 9.59 Å². The van der Waals surface area contributed by atoms with Crippen molar-refractivity contribution in [3.05, 3.63) is 33.2 Å². The molecule has 0 aromatic carbocycles. The second kappa shape index (κ2) is 8.37. The van der Waals surface area contributed by atoms with Gasteiger partial charge >= 0.3 is 0 Å². The van der Waals surface area contributed by atoms with Crippen LogP contribution in [0.25, 0.3) is 0 Å². The fourth-order valence-electron chi connectivity index (χ4n) is 4.73. The van der Waals surface area contributed by atoms with Crippen LogP contribution in [0.1, 0.15) is 55.3 Å². The summed E-state index contributed by atoms with van der Waals surface area (Å²) in [5.74, 6) is 0.455. The van der Waals surface area contributed by atoms with E-state index in [0.717, 1.165) is 88.1 Å². The summed E-state index contributed by atoms with van der Waals surface area (Å²) in [6.45, 7) is 8.76. The summed E-state index contributed by atoms with van der Waals surface area (Å²) >= 11 is 0. The van der Waals surface area contributed by atoms with Gasteiger partial charge in [0.25, 0.3) is 0 Å². The summed E-state index contributed by atoms with van der Waals surface area (Å²) in [6, 6.07) is 1.05. The van der Waals surface area contributed by atoms with Crippen molar-refractivity contribution in [2.45, 2.75) is 71.0 Å². The predicted octanol–water partition coefficient (Wildman–Crippen LogP) is 1.95. The van der Waals surface area contributed by atoms with Gasteiger partial charge in [0.05, 0.1) is 5.92 Å². The van der Waals surface area contributed by atoms with Gasteiger partial charge in [0.1, 0.15) is 0 Å². The van der Waals surface area contributed by atoms with Gasteiger partial charge in [-0.2, -0.15) is 0 Å². The highest BCUT2D eigenvalue weighted by atomic mass is 16.2. The van der Waals surface area contributed by atoms with Gasteiger partial charge in [-0.15, -0.1) is 0 Å². The lowest BCUT2D eigenvalue weighted by Gasteiger charge is -2.42. The second-order valence-corrected chi connectivity index (χ2v) is 9.03. The Hall–Kier alpha value is -1.66. The van der Waals surface area contributed by atoms with Crippen molar-refractivity contribution in [1.82, 2.24) is 20.1 Å². The molecule has 3 fully saturated rings. The smallest absolute Gasteiger partial charge is 0.224 e. The highest BCUT2D eigenvalue weighted by Gasteiger charge is 2.33. The summed E-state index contributed by atoms with van der Waals surface area (Å²) in [5, 5.41) is 3.19. The molecule has 4 rings (SSSR count). The first-order valence-electron chi connectivity index (χ1n) is 11.0. The van der Waals surface area contributed by atoms with Crippen molar-refractivity contribution in [2.75, 3.05) is 26.2 Å². The number of carbonyl (C=O) groups excluding carboxylic acids is 1. The van der Waals surface area contributed by atoms with Crippen molar-refractivity contribution in [2.24, 2.45) is 5.92 Å². The first kappa shape index (κ1) is 19.6. The van der Waals surface area contributed by atoms with Gasteiger partial charge in [0, 0.05) is 61.3 Å². The van der Waals surface area contributed by atoms with E-state index >= 15 is 0 Å². The molecule has 1 aliphatic carbocycles. The fraction of sp³-hybridized carbons (Fsp3) is 0.727. The van der Waals surface area contributed by atoms with Crippen LogP contribution in [0.4, 0.5) is 0 Å². The molecule has 0 radical (unpaired) electrons. The lowest BCUT2D eigenvalue weighted by Crippen LogP contribution is -2.50. The molecule has 2 N–H and O–H groups in total. The molecular weight excluding hydrogens is 352 g/mol. The first-order chi connectivity index (χ1) is 13.5. The predicted molar refractivity (Wildman–Crippen MR) is 110 cm³/mol. The zero-order valence-corrected chi connectivity index (χ0v) is 17.3. The Balaban J connectivity index is 1.28. The zero-order valence-electron chi connectivity index (χ0n) is 17.3. The Kier molecular flexibility index (Phi) is 5.88. The second-order valence-electron chi connectivity index (χ2n) is 9.03. The van der Waals surface area contributed by atoms with Crippen molar-refractivity contribution >= 4 is 5.91 Å². The number of carbonyl (C=O) groups is 1. The van der Waals surface area contributed by atoms with Crippen molar-refractivity contribution < 1.29 is 4.79 Å². The zero-order chi connectivity index (χ0) is 19.7. The van der Waals surface area contributed by atoms with Crippen LogP contribution in [0.5, 0.6) is 0 Å². The molecule has 1 aromatic rings. The van der Waals surface area contributed by atoms with Crippen molar-refractivity contribution in [1.29, 1.82) is 0 Å². The third-order valence-corrected chi connectivity index (χ3v) is 6.82. The third-order valence-electron chi connectivity index (χ3n) is 6.82. The minimum absolute atomic E-state index is 0.160. The molecule has 0 bridgehead atoms. The summed E-state index contributed by atoms with van der Waals surface area (Å²) < 4.78 is 0. The summed E-state index contributed by atoms with van der Waals surface area (Å²) in [7, 11) is 0. The molecule has 3 heterocycles. The fourth-order valence-corrected chi connectivity index (χ4v) is 4.73. The molecule has 154 valence electrons. The number of rotatable bonds is 5. The number of piperidine rings is 2. The van der Waals surface area contributed by atoms with Gasteiger partial charge in [0.2, 0.25) is 5.91 Å². The highest BCUT2D eigenvalue weighted by molar-refractivity contribution is 5.79. The quantitative estimate of drug-likeness (QED) is 0.812. The average Bonchev–Trinajstić information content (AvgIpc) is 3.53. The van der Waals surface area contributed by atoms with E-state index in [-0.39, 0.29) is 17.3 Å². The Bertz CT molecular complexity index is 762. The molecule has 1 aromatic heterocycles. The number of nitrogens with one attached hydrogen (secondary N) is 2. The van der Waals surface area contributed by atoms with Crippen LogP contribution >= 0.6 is 0 Å². The van der Waals surface area contributed by atoms with Gasteiger partial charge in [-0.3, -0.25) is 19.4 Å². The Morgan fingerprint density at radius 1 is 1.14 bits per heavy atom. The van der Waals surface area contributed by atoms with Crippen LogP contribution in [-0.4, -0.2) is 59.0 Å². The maximum atomic E-state index is 12.4. The summed E-state index contributed by atoms with van der Waals surface area (Å²) in [6.07, 6.45) is 8.61. The monoisotopic (exact) mass is 386 g/mol. The standard InChI is InChI=1S/C22H34N4O2/c1-15-12-23-20(16(2)21(15)27)14-25-10-7-19(8-11-25)26-9-3-4-17(13-26)22(28)24-18-5-6-18/h12,17-19H,3-11,13-14H2,1-2H3,(H,23,27)(H,24,28)/t17-/m1/s1. The summed E-state index contributed by atoms with van der Waals surface area (Å²) in [4.78, 5) is 32.9. The molecule has 1 saturated carbocycles. The minimum Gasteiger partial charge on any atom is -0.363 e. The first-order valence-corrected chi connectivity index (χ1v) is 11.0. The molecule has 3 aliphatic rings. The van der Waals surface area contributed by atoms with Crippen LogP contribution in [0, 0.1) is 19.8 Å². The van der Waals surface area contributed by atoms with E-state index in [4.69, 9.17) is 0 Å². The van der Waals surface area contributed by atoms with Crippen LogP contribution < -0.4 is 10.7 Å². The number of hydrogen-bond donors (Lipinski definition) is 2. The number of aromatic nitrogens is 1. The van der Waals surface area contributed by atoms with Gasteiger partial charge in [-0.05, 0) is 58.9 Å². The molecule has 6 heteroatoms. The number of likely N-dealkylation sites (tertiary alicyclic amines) is 2. The van der Waals surface area contributed by atoms with Gasteiger partial charge < -0.3 is 10.3 Å². The maximum Gasteiger partial charge on any atom is 0.224 e. The van der Waals surface area contributed by atoms with E-state index in [0.29, 0.717) is 12.1 Å². The van der Waals surface area contributed by atoms with E-state index < -0.39 is 0 Å². The number of aryl methyl sites for hydroxylation is 1. The summed E-state index contributed by atoms with van der Waals surface area (Å²) in [5.41, 5.74) is 2.84. The van der Waals surface area contributed by atoms with Crippen LogP contribution in [0.3, 0.4) is 0 Å². The lowest BCUT2D eigenvalue weighted by atomic mass is 9.93. The molecule has 2 saturated heterocycles. The minimum atomic E-state index is 0.160. The number of H-pyrrole nitrogens is 1. The van der Waals surface area contributed by atoms with E-state index in [1.807, 2.05) is 20.0 Å². The SMILES string of the molecule is Cc1c[nH]c(CN2CCC(N3CCC[C@@H](C(=O)NC4CC4)C3)CC2)c(C)c1=O. The Morgan fingerprint density at radius 2 is 1.89 bits per heavy atom. The topological polar surface area (TPSA) is 68.4 Å². The lowest BCUT2D eigenvalue weighted by molar-refractivity contribution is -0.127. The normalized spacial score (nSPS) is 25.0. The molecule has 6 nitrogen and oxygen atoms in total. The van der Waals surface area contributed by atoms with Gasteiger partial charge in [-0.1, -0.05) is 0 Å². The van der Waals surface area contributed by atoms with Gasteiger partial charge in [0.15, 0.2) is 5.43 Å². The number of nitrogens with zero attached hydrogens (tertiary/aromatic N) is 2. The van der Waals surface area contributed by atoms with E-state index in [1.54, 1.807) is 0 Å². The maximum absolute atomic E-state index is 12.4. The van der Waals surface area contributed by atoms with Crippen LogP contribution in [0.2, 0.25) is 0 Å². The number of amides is 1. The number of pyridine rings is 1. The largest absolute Gasteiger partial charge is 0.363 e. The molecule has 2 aliphatic heterocycles. The molecule has 0 unspecified atom stereocenters. The molecule has 0 spiro atoms. The molecule has 1 amide bonds. The number of hydrogen-bond acceptors (Lipinski definition) is 4. The molecule has 1 atom stereocenters. The van der Waals surface area contributed by atoms with Crippen LogP contribution in [-0.2, 0) is 11.3 Å². The highest BCUT2D eigenvalue weighted by Crippen LogP contribution is 2.26. The average molecular weight is 387 g/mol. The number of aromatic amines is 1. The van der Waals surface area contributed by atoms with Crippen molar-refractivity contribution in [3.63, 3.8) is 0 Å². The van der Waals surface area contributed by atoms with Crippen molar-refractivity contribution in [3.8, 4) is 0 Å². The third kappa shape index (κ3) is 4.49. The Labute approximate surface area is 167 Å². The Morgan fingerprint density at radius 3 is 2.61 bits per heavy atom. The van der Waals surface area contributed by atoms with E-state index in [2.05, 4.69) is 20.1 Å². The van der Waals surface area contributed by atoms with E-state index in [1.165, 1.54) is 0 Å². The van der Waals surface area contributed by atoms with Gasteiger partial charge in [-0.25, -0.2) is 0 Å².